The number of carbonyl (C=O) groups is 6. The lowest BCUT2D eigenvalue weighted by Gasteiger charge is -2.44. The highest BCUT2D eigenvalue weighted by Crippen LogP contribution is 2.52. The lowest BCUT2D eigenvalue weighted by Crippen LogP contribution is -2.60. The molecule has 0 spiro atoms. The summed E-state index contributed by atoms with van der Waals surface area (Å²) in [7, 11) is 1.28. The third-order valence-electron chi connectivity index (χ3n) is 12.2. The maximum atomic E-state index is 14.6. The SMILES string of the molecule is CCC(=O)[C@]1(O)Cc2c(O)c3c(c(O)c2[C@@H](OC2OC(C)C(O)CC2NC(=O)[C@H](C)N(CC(C)(F)F)C(=O)CNC(=O)c2ccnc4ccccc24)C1)C(=O)c1c(OC)cccc1C3=O. The van der Waals surface area contributed by atoms with Gasteiger partial charge in [-0.25, -0.2) is 8.78 Å². The number of benzene rings is 3. The molecule has 19 heteroatoms. The number of pyridine rings is 1. The normalized spacial score (nSPS) is 23.1. The topological polar surface area (TPSA) is 251 Å². The molecule has 6 N–H and O–H groups in total. The third kappa shape index (κ3) is 8.75. The number of ether oxygens (including phenoxy) is 3. The summed E-state index contributed by atoms with van der Waals surface area (Å²) in [5.74, 6) is -10.2. The zero-order valence-corrected chi connectivity index (χ0v) is 36.0. The molecule has 2 aliphatic carbocycles. The highest BCUT2D eigenvalue weighted by molar-refractivity contribution is 6.31. The standard InChI is InChI=1S/C46H48F2N4O13/c1-6-32(54)46(62)17-26-35(41(59)37-36(39(26)57)38(56)25-11-9-13-30(63-5)34(25)40(37)58)31(18-46)65-44-28(16-29(53)22(3)64-44)51-42(60)21(2)52(20-45(4,47)48)33(55)19-50-43(61)24-14-15-49-27-12-8-7-10-23(24)27/h7-15,21-22,28-29,31,44,53,57,59,62H,6,16-20H2,1-5H3,(H,50,61)(H,51,60)/t21-,22?,28?,29?,31-,44?,46-/m0/s1. The number of alkyl halides is 2. The van der Waals surface area contributed by atoms with Crippen LogP contribution in [0.1, 0.15) is 106 Å². The minimum absolute atomic E-state index is 0.0150. The Kier molecular flexibility index (Phi) is 12.8. The van der Waals surface area contributed by atoms with Crippen LogP contribution in [0.2, 0.25) is 0 Å². The van der Waals surface area contributed by atoms with Crippen molar-refractivity contribution in [2.24, 2.45) is 0 Å². The van der Waals surface area contributed by atoms with E-state index in [0.29, 0.717) is 22.7 Å². The van der Waals surface area contributed by atoms with Crippen molar-refractivity contribution >= 4 is 46.0 Å². The van der Waals surface area contributed by atoms with Crippen LogP contribution in [-0.2, 0) is 30.3 Å². The summed E-state index contributed by atoms with van der Waals surface area (Å²) in [5, 5.41) is 52.0. The number of phenols is 2. The number of para-hydroxylation sites is 1. The summed E-state index contributed by atoms with van der Waals surface area (Å²) in [6.07, 6.45) is -5.65. The van der Waals surface area contributed by atoms with Crippen molar-refractivity contribution in [2.75, 3.05) is 20.2 Å². The van der Waals surface area contributed by atoms with E-state index in [4.69, 9.17) is 14.2 Å². The van der Waals surface area contributed by atoms with E-state index < -0.39 is 132 Å². The molecule has 1 fully saturated rings. The number of hydrogen-bond donors (Lipinski definition) is 6. The molecular formula is C46H48F2N4O13. The van der Waals surface area contributed by atoms with Gasteiger partial charge in [-0.05, 0) is 32.0 Å². The molecule has 7 rings (SSSR count). The van der Waals surface area contributed by atoms with Crippen LogP contribution in [0.25, 0.3) is 10.9 Å². The number of nitrogens with zero attached hydrogens (tertiary/aromatic N) is 2. The molecule has 1 saturated heterocycles. The average Bonchev–Trinajstić information content (AvgIpc) is 3.27. The summed E-state index contributed by atoms with van der Waals surface area (Å²) >= 11 is 0. The summed E-state index contributed by atoms with van der Waals surface area (Å²) in [6, 6.07) is 9.46. The second-order valence-electron chi connectivity index (χ2n) is 16.6. The zero-order valence-electron chi connectivity index (χ0n) is 36.0. The molecule has 3 aromatic carbocycles. The van der Waals surface area contributed by atoms with E-state index in [1.165, 1.54) is 58.3 Å². The van der Waals surface area contributed by atoms with Gasteiger partial charge in [-0.3, -0.25) is 33.8 Å². The van der Waals surface area contributed by atoms with Crippen LogP contribution in [0.15, 0.2) is 54.7 Å². The predicted molar refractivity (Wildman–Crippen MR) is 225 cm³/mol. The number of methoxy groups -OCH3 is 1. The summed E-state index contributed by atoms with van der Waals surface area (Å²) in [6.45, 7) is 2.69. The van der Waals surface area contributed by atoms with Crippen molar-refractivity contribution in [1.82, 2.24) is 20.5 Å². The number of fused-ring (bicyclic) bond motifs is 4. The second-order valence-corrected chi connectivity index (χ2v) is 16.6. The van der Waals surface area contributed by atoms with Crippen molar-refractivity contribution in [3.05, 3.63) is 93.7 Å². The van der Waals surface area contributed by atoms with Crippen molar-refractivity contribution in [3.63, 3.8) is 0 Å². The Labute approximate surface area is 370 Å². The van der Waals surface area contributed by atoms with E-state index >= 15 is 0 Å². The Morgan fingerprint density at radius 2 is 1.74 bits per heavy atom. The lowest BCUT2D eigenvalue weighted by atomic mass is 9.71. The van der Waals surface area contributed by atoms with Gasteiger partial charge >= 0.3 is 0 Å². The Bertz CT molecular complexity index is 2610. The first-order valence-electron chi connectivity index (χ1n) is 20.9. The van der Waals surface area contributed by atoms with Gasteiger partial charge in [-0.15, -0.1) is 0 Å². The number of aliphatic hydroxyl groups is 2. The number of rotatable bonds is 13. The average molecular weight is 903 g/mol. The summed E-state index contributed by atoms with van der Waals surface area (Å²) in [4.78, 5) is 87.0. The molecule has 1 aromatic heterocycles. The Balaban J connectivity index is 1.18. The van der Waals surface area contributed by atoms with Crippen LogP contribution < -0.4 is 15.4 Å². The van der Waals surface area contributed by atoms with Gasteiger partial charge in [0.15, 0.2) is 17.9 Å². The molecule has 17 nitrogen and oxygen atoms in total. The molecule has 4 unspecified atom stereocenters. The first-order chi connectivity index (χ1) is 30.7. The number of nitrogens with one attached hydrogen (secondary N) is 2. The Morgan fingerprint density at radius 3 is 2.43 bits per heavy atom. The minimum Gasteiger partial charge on any atom is -0.507 e. The van der Waals surface area contributed by atoms with E-state index in [1.807, 2.05) is 0 Å². The first-order valence-corrected chi connectivity index (χ1v) is 20.9. The van der Waals surface area contributed by atoms with Gasteiger partial charge in [0.1, 0.15) is 28.9 Å². The number of aromatic hydroxyl groups is 2. The number of Topliss-reactive ketones (excluding diaryl/α,β-unsaturated/α-hetero) is 1. The molecule has 1 aliphatic heterocycles. The molecular weight excluding hydrogens is 855 g/mol. The Hall–Kier alpha value is -6.41. The van der Waals surface area contributed by atoms with Crippen molar-refractivity contribution < 1.29 is 72.2 Å². The van der Waals surface area contributed by atoms with Gasteiger partial charge in [-0.2, -0.15) is 0 Å². The van der Waals surface area contributed by atoms with Crippen LogP contribution in [0.3, 0.4) is 0 Å². The molecule has 0 radical (unpaired) electrons. The fourth-order valence-corrected chi connectivity index (χ4v) is 8.78. The van der Waals surface area contributed by atoms with Gasteiger partial charge in [-0.1, -0.05) is 37.3 Å². The molecule has 7 atom stereocenters. The molecule has 0 bridgehead atoms. The lowest BCUT2D eigenvalue weighted by molar-refractivity contribution is -0.254. The number of phenolic OH excluding ortho intramolecular Hbond substituents is 2. The maximum absolute atomic E-state index is 14.6. The van der Waals surface area contributed by atoms with Crippen LogP contribution in [0.4, 0.5) is 8.78 Å². The third-order valence-corrected chi connectivity index (χ3v) is 12.2. The monoisotopic (exact) mass is 902 g/mol. The van der Waals surface area contributed by atoms with E-state index in [1.54, 1.807) is 24.3 Å². The smallest absolute Gasteiger partial charge is 0.262 e. The quantitative estimate of drug-likeness (QED) is 0.0927. The summed E-state index contributed by atoms with van der Waals surface area (Å²) < 4.78 is 47.0. The fraction of sp³-hybridized carbons (Fsp3) is 0.413. The predicted octanol–water partition coefficient (Wildman–Crippen LogP) is 3.43. The van der Waals surface area contributed by atoms with Crippen LogP contribution in [0, 0.1) is 0 Å². The van der Waals surface area contributed by atoms with Gasteiger partial charge in [0.2, 0.25) is 17.6 Å². The van der Waals surface area contributed by atoms with Gasteiger partial charge in [0, 0.05) is 60.9 Å². The van der Waals surface area contributed by atoms with Crippen LogP contribution in [-0.4, -0.2) is 128 Å². The fourth-order valence-electron chi connectivity index (χ4n) is 8.78. The molecule has 344 valence electrons. The molecule has 0 saturated carbocycles. The van der Waals surface area contributed by atoms with Gasteiger partial charge in [0.05, 0.1) is 72.3 Å². The van der Waals surface area contributed by atoms with E-state index in [0.717, 1.165) is 0 Å². The van der Waals surface area contributed by atoms with Gasteiger partial charge in [0.25, 0.3) is 11.8 Å². The highest BCUT2D eigenvalue weighted by Gasteiger charge is 2.51. The largest absolute Gasteiger partial charge is 0.507 e. The van der Waals surface area contributed by atoms with Crippen molar-refractivity contribution in [1.29, 1.82) is 0 Å². The van der Waals surface area contributed by atoms with Crippen molar-refractivity contribution in [3.8, 4) is 17.2 Å². The Morgan fingerprint density at radius 1 is 1.03 bits per heavy atom. The second kappa shape index (κ2) is 17.9. The molecule has 4 aromatic rings. The first kappa shape index (κ1) is 46.6. The van der Waals surface area contributed by atoms with Crippen LogP contribution in [0.5, 0.6) is 17.2 Å². The maximum Gasteiger partial charge on any atom is 0.262 e. The number of aliphatic hydroxyl groups excluding tert-OH is 1. The number of hydrogen-bond acceptors (Lipinski definition) is 14. The zero-order chi connectivity index (χ0) is 47.3. The molecule has 3 amide bonds. The van der Waals surface area contributed by atoms with E-state index in [9.17, 15) is 58.0 Å². The summed E-state index contributed by atoms with van der Waals surface area (Å²) in [5.41, 5.74) is -3.57. The highest BCUT2D eigenvalue weighted by atomic mass is 19.3. The molecule has 3 aliphatic rings. The number of ketones is 3. The number of amides is 3. The number of aromatic nitrogens is 1. The minimum atomic E-state index is -3.51. The van der Waals surface area contributed by atoms with Crippen molar-refractivity contribution in [2.45, 2.75) is 102 Å². The van der Waals surface area contributed by atoms with Gasteiger partial charge < -0.3 is 50.2 Å². The molecule has 65 heavy (non-hydrogen) atoms. The number of halogens is 2. The van der Waals surface area contributed by atoms with E-state index in [2.05, 4.69) is 15.6 Å². The van der Waals surface area contributed by atoms with Crippen LogP contribution >= 0.6 is 0 Å². The number of carbonyl (C=O) groups excluding carboxylic acids is 6. The molecule has 2 heterocycles. The van der Waals surface area contributed by atoms with E-state index in [-0.39, 0.29) is 46.4 Å².